The zero-order valence-corrected chi connectivity index (χ0v) is 14.7. The standard InChI is InChI=1S/C19H23NO2S/c1-19(2,3)18-11-9-17(10-12-18)15-20-23(21,22)14-13-16-7-5-4-6-8-16/h4-12,15H,13-14H2,1-3H3/b20-15+. The molecule has 23 heavy (non-hydrogen) atoms. The Balaban J connectivity index is 2.01. The van der Waals surface area contributed by atoms with Crippen molar-refractivity contribution in [3.8, 4) is 0 Å². The highest BCUT2D eigenvalue weighted by Crippen LogP contribution is 2.21. The fourth-order valence-electron chi connectivity index (χ4n) is 2.15. The molecule has 2 aromatic carbocycles. The van der Waals surface area contributed by atoms with Gasteiger partial charge in [0.25, 0.3) is 10.0 Å². The molecule has 122 valence electrons. The van der Waals surface area contributed by atoms with Gasteiger partial charge in [-0.05, 0) is 28.5 Å². The van der Waals surface area contributed by atoms with Gasteiger partial charge in [0.2, 0.25) is 0 Å². The van der Waals surface area contributed by atoms with E-state index in [1.165, 1.54) is 11.8 Å². The van der Waals surface area contributed by atoms with Crippen LogP contribution in [0.3, 0.4) is 0 Å². The summed E-state index contributed by atoms with van der Waals surface area (Å²) in [4.78, 5) is 0. The second kappa shape index (κ2) is 7.09. The molecule has 0 amide bonds. The molecule has 0 fully saturated rings. The molecule has 0 aliphatic carbocycles. The van der Waals surface area contributed by atoms with E-state index in [4.69, 9.17) is 0 Å². The highest BCUT2D eigenvalue weighted by molar-refractivity contribution is 7.90. The number of aryl methyl sites for hydroxylation is 1. The Kier molecular flexibility index (Phi) is 5.37. The lowest BCUT2D eigenvalue weighted by Gasteiger charge is -2.18. The Hall–Kier alpha value is -1.94. The first kappa shape index (κ1) is 17.4. The van der Waals surface area contributed by atoms with Crippen LogP contribution in [0.15, 0.2) is 59.0 Å². The Morgan fingerprint density at radius 3 is 2.13 bits per heavy atom. The van der Waals surface area contributed by atoms with Crippen LogP contribution < -0.4 is 0 Å². The van der Waals surface area contributed by atoms with Gasteiger partial charge in [0.05, 0.1) is 5.75 Å². The summed E-state index contributed by atoms with van der Waals surface area (Å²) in [6, 6.07) is 17.4. The minimum absolute atomic E-state index is 0.0214. The van der Waals surface area contributed by atoms with Gasteiger partial charge in [0.1, 0.15) is 0 Å². The van der Waals surface area contributed by atoms with E-state index in [1.807, 2.05) is 54.6 Å². The highest BCUT2D eigenvalue weighted by Gasteiger charge is 2.12. The predicted octanol–water partition coefficient (Wildman–Crippen LogP) is 3.98. The van der Waals surface area contributed by atoms with Crippen molar-refractivity contribution in [3.63, 3.8) is 0 Å². The van der Waals surface area contributed by atoms with Crippen molar-refractivity contribution in [1.29, 1.82) is 0 Å². The molecule has 0 spiro atoms. The lowest BCUT2D eigenvalue weighted by Crippen LogP contribution is -2.10. The van der Waals surface area contributed by atoms with Crippen LogP contribution in [0.25, 0.3) is 0 Å². The largest absolute Gasteiger partial charge is 0.253 e. The van der Waals surface area contributed by atoms with E-state index in [9.17, 15) is 8.42 Å². The molecule has 0 saturated carbocycles. The van der Waals surface area contributed by atoms with Gasteiger partial charge in [-0.3, -0.25) is 0 Å². The smallest absolute Gasteiger partial charge is 0.205 e. The summed E-state index contributed by atoms with van der Waals surface area (Å²) < 4.78 is 27.8. The molecule has 0 heterocycles. The van der Waals surface area contributed by atoms with E-state index in [0.29, 0.717) is 6.42 Å². The summed E-state index contributed by atoms with van der Waals surface area (Å²) >= 11 is 0. The maximum absolute atomic E-state index is 12.0. The third-order valence-electron chi connectivity index (χ3n) is 3.63. The van der Waals surface area contributed by atoms with Crippen LogP contribution in [0.1, 0.15) is 37.5 Å². The first-order valence-electron chi connectivity index (χ1n) is 7.69. The molecule has 0 aliphatic rings. The van der Waals surface area contributed by atoms with Gasteiger partial charge in [0, 0.05) is 6.21 Å². The fourth-order valence-corrected chi connectivity index (χ4v) is 3.04. The summed E-state index contributed by atoms with van der Waals surface area (Å²) in [7, 11) is -3.45. The second-order valence-corrected chi connectivity index (χ2v) is 8.41. The number of sulfonamides is 1. The average molecular weight is 329 g/mol. The van der Waals surface area contributed by atoms with Gasteiger partial charge in [-0.15, -0.1) is 0 Å². The SMILES string of the molecule is CC(C)(C)c1ccc(/C=N/S(=O)(=O)CCc2ccccc2)cc1. The predicted molar refractivity (Wildman–Crippen MR) is 96.7 cm³/mol. The third kappa shape index (κ3) is 5.64. The van der Waals surface area contributed by atoms with E-state index in [-0.39, 0.29) is 11.2 Å². The van der Waals surface area contributed by atoms with E-state index >= 15 is 0 Å². The molecule has 3 nitrogen and oxygen atoms in total. The first-order valence-corrected chi connectivity index (χ1v) is 9.30. The summed E-state index contributed by atoms with van der Waals surface area (Å²) in [6.45, 7) is 6.43. The van der Waals surface area contributed by atoms with E-state index in [1.54, 1.807) is 0 Å². The van der Waals surface area contributed by atoms with Gasteiger partial charge in [-0.1, -0.05) is 75.4 Å². The van der Waals surface area contributed by atoms with Crippen LogP contribution in [0, 0.1) is 0 Å². The van der Waals surface area contributed by atoms with Crippen molar-refractivity contribution in [2.24, 2.45) is 4.40 Å². The molecule has 0 atom stereocenters. The van der Waals surface area contributed by atoms with Crippen molar-refractivity contribution >= 4 is 16.2 Å². The Morgan fingerprint density at radius 2 is 1.57 bits per heavy atom. The van der Waals surface area contributed by atoms with Crippen molar-refractivity contribution in [1.82, 2.24) is 0 Å². The molecular weight excluding hydrogens is 306 g/mol. The van der Waals surface area contributed by atoms with Gasteiger partial charge < -0.3 is 0 Å². The summed E-state index contributed by atoms with van der Waals surface area (Å²) in [6.07, 6.45) is 1.90. The number of hydrogen-bond donors (Lipinski definition) is 0. The molecule has 4 heteroatoms. The maximum atomic E-state index is 12.0. The second-order valence-electron chi connectivity index (χ2n) is 6.63. The lowest BCUT2D eigenvalue weighted by molar-refractivity contribution is 0.590. The average Bonchev–Trinajstić information content (AvgIpc) is 2.52. The number of rotatable bonds is 5. The van der Waals surface area contributed by atoms with Crippen LogP contribution in [0.5, 0.6) is 0 Å². The fraction of sp³-hybridized carbons (Fsp3) is 0.316. The van der Waals surface area contributed by atoms with Gasteiger partial charge in [-0.25, -0.2) is 8.42 Å². The minimum atomic E-state index is -3.45. The van der Waals surface area contributed by atoms with Gasteiger partial charge in [-0.2, -0.15) is 4.40 Å². The third-order valence-corrected chi connectivity index (χ3v) is 4.78. The zero-order chi connectivity index (χ0) is 16.9. The Morgan fingerprint density at radius 1 is 0.957 bits per heavy atom. The molecule has 2 rings (SSSR count). The monoisotopic (exact) mass is 329 g/mol. The lowest BCUT2D eigenvalue weighted by atomic mass is 9.87. The number of hydrogen-bond acceptors (Lipinski definition) is 2. The summed E-state index contributed by atoms with van der Waals surface area (Å²) in [5.41, 5.74) is 3.08. The van der Waals surface area contributed by atoms with Crippen LogP contribution in [0.4, 0.5) is 0 Å². The molecule has 0 aromatic heterocycles. The van der Waals surface area contributed by atoms with Gasteiger partial charge in [0.15, 0.2) is 0 Å². The number of nitrogens with zero attached hydrogens (tertiary/aromatic N) is 1. The summed E-state index contributed by atoms with van der Waals surface area (Å²) in [5.74, 6) is 0.0214. The van der Waals surface area contributed by atoms with Crippen LogP contribution in [-0.4, -0.2) is 20.4 Å². The topological polar surface area (TPSA) is 46.5 Å². The molecule has 0 saturated heterocycles. The van der Waals surface area contributed by atoms with Gasteiger partial charge >= 0.3 is 0 Å². The molecule has 0 aliphatic heterocycles. The van der Waals surface area contributed by atoms with E-state index < -0.39 is 10.0 Å². The van der Waals surface area contributed by atoms with Crippen LogP contribution in [-0.2, 0) is 21.9 Å². The highest BCUT2D eigenvalue weighted by atomic mass is 32.2. The molecule has 0 N–H and O–H groups in total. The van der Waals surface area contributed by atoms with Crippen molar-refractivity contribution < 1.29 is 8.42 Å². The van der Waals surface area contributed by atoms with Crippen LogP contribution in [0.2, 0.25) is 0 Å². The first-order chi connectivity index (χ1) is 10.8. The molecule has 0 radical (unpaired) electrons. The Labute approximate surface area is 139 Å². The van der Waals surface area contributed by atoms with Crippen LogP contribution >= 0.6 is 0 Å². The van der Waals surface area contributed by atoms with Crippen molar-refractivity contribution in [2.75, 3.05) is 5.75 Å². The maximum Gasteiger partial charge on any atom is 0.253 e. The Bertz CT molecular complexity index is 755. The van der Waals surface area contributed by atoms with Crippen molar-refractivity contribution in [2.45, 2.75) is 32.6 Å². The minimum Gasteiger partial charge on any atom is -0.205 e. The molecular formula is C19H23NO2S. The van der Waals surface area contributed by atoms with E-state index in [2.05, 4.69) is 25.2 Å². The van der Waals surface area contributed by atoms with E-state index in [0.717, 1.165) is 11.1 Å². The quantitative estimate of drug-likeness (QED) is 0.779. The molecule has 2 aromatic rings. The molecule has 0 bridgehead atoms. The molecule has 0 unspecified atom stereocenters. The summed E-state index contributed by atoms with van der Waals surface area (Å²) in [5, 5.41) is 0. The zero-order valence-electron chi connectivity index (χ0n) is 13.9. The van der Waals surface area contributed by atoms with Crippen molar-refractivity contribution in [3.05, 3.63) is 71.3 Å². The normalized spacial score (nSPS) is 12.7. The number of benzene rings is 2.